The fourth-order valence-electron chi connectivity index (χ4n) is 3.53. The van der Waals surface area contributed by atoms with Gasteiger partial charge >= 0.3 is 0 Å². The van der Waals surface area contributed by atoms with Gasteiger partial charge in [0.1, 0.15) is 0 Å². The molecule has 0 aromatic carbocycles. The van der Waals surface area contributed by atoms with E-state index in [1.165, 1.54) is 17.0 Å². The Hall–Kier alpha value is -0.870. The lowest BCUT2D eigenvalue weighted by molar-refractivity contribution is 0.0203. The molecule has 0 unspecified atom stereocenters. The summed E-state index contributed by atoms with van der Waals surface area (Å²) in [5.74, 6) is 1.49. The fourth-order valence-corrected chi connectivity index (χ4v) is 3.53. The van der Waals surface area contributed by atoms with Crippen molar-refractivity contribution in [2.24, 2.45) is 18.0 Å². The Morgan fingerprint density at radius 3 is 2.64 bits per heavy atom. The largest absolute Gasteiger partial charge is 0.381 e. The van der Waals surface area contributed by atoms with Crippen LogP contribution in [-0.2, 0) is 35.9 Å². The van der Waals surface area contributed by atoms with E-state index >= 15 is 0 Å². The Morgan fingerprint density at radius 2 is 2.00 bits per heavy atom. The summed E-state index contributed by atoms with van der Waals surface area (Å²) in [5.41, 5.74) is 3.75. The van der Waals surface area contributed by atoms with Gasteiger partial charge in [0.15, 0.2) is 5.96 Å². The molecular weight excluding hydrogens is 469 g/mol. The number of aliphatic imine (C=N–C) groups is 1. The van der Waals surface area contributed by atoms with Crippen LogP contribution in [0, 0.1) is 5.92 Å². The number of aryl methyl sites for hydroxylation is 2. The molecule has 2 heterocycles. The molecule has 0 radical (unpaired) electrons. The lowest BCUT2D eigenvalue weighted by atomic mass is 10.0. The van der Waals surface area contributed by atoms with Gasteiger partial charge in [-0.25, -0.2) is 0 Å². The summed E-state index contributed by atoms with van der Waals surface area (Å²) in [6.07, 6.45) is 5.15. The molecule has 1 aromatic heterocycles. The molecule has 7 nitrogen and oxygen atoms in total. The van der Waals surface area contributed by atoms with E-state index in [0.717, 1.165) is 77.6 Å². The van der Waals surface area contributed by atoms with Gasteiger partial charge in [0.05, 0.1) is 5.69 Å². The maximum Gasteiger partial charge on any atom is 0.191 e. The van der Waals surface area contributed by atoms with E-state index in [9.17, 15) is 0 Å². The van der Waals surface area contributed by atoms with Gasteiger partial charge in [-0.3, -0.25) is 9.67 Å². The number of hydrogen-bond donors (Lipinski definition) is 2. The fraction of sp³-hybridized carbons (Fsp3) is 0.800. The molecule has 28 heavy (non-hydrogen) atoms. The van der Waals surface area contributed by atoms with Gasteiger partial charge in [0.2, 0.25) is 0 Å². The lowest BCUT2D eigenvalue weighted by Crippen LogP contribution is -2.38. The Labute approximate surface area is 187 Å². The van der Waals surface area contributed by atoms with Crippen molar-refractivity contribution >= 4 is 29.9 Å². The number of ether oxygens (including phenoxy) is 2. The minimum absolute atomic E-state index is 0. The standard InChI is InChI=1S/C20H37N5O2.HI/c1-5-18-17(19(6-2)25(4)24-18)14-23-20(21-3)22-10-7-11-27-15-16-8-12-26-13-9-16;/h16H,5-15H2,1-4H3,(H2,21,22,23);1H. The summed E-state index contributed by atoms with van der Waals surface area (Å²) in [6.45, 7) is 9.33. The average Bonchev–Trinajstić information content (AvgIpc) is 3.02. The molecular formula is C20H38IN5O2. The highest BCUT2D eigenvalue weighted by Gasteiger charge is 2.14. The first-order valence-corrected chi connectivity index (χ1v) is 10.3. The van der Waals surface area contributed by atoms with E-state index in [1.807, 2.05) is 18.8 Å². The number of hydrogen-bond acceptors (Lipinski definition) is 4. The summed E-state index contributed by atoms with van der Waals surface area (Å²) in [5, 5.41) is 11.4. The molecule has 0 atom stereocenters. The molecule has 2 N–H and O–H groups in total. The molecule has 0 spiro atoms. The maximum absolute atomic E-state index is 5.81. The molecule has 1 aliphatic heterocycles. The van der Waals surface area contributed by atoms with E-state index in [1.54, 1.807) is 0 Å². The van der Waals surface area contributed by atoms with Crippen molar-refractivity contribution in [2.45, 2.75) is 52.5 Å². The number of rotatable bonds is 10. The van der Waals surface area contributed by atoms with Crippen LogP contribution in [0.25, 0.3) is 0 Å². The molecule has 1 fully saturated rings. The topological polar surface area (TPSA) is 72.7 Å². The van der Waals surface area contributed by atoms with Crippen LogP contribution in [0.1, 0.15) is 50.1 Å². The number of nitrogens with one attached hydrogen (secondary N) is 2. The van der Waals surface area contributed by atoms with Crippen LogP contribution in [0.3, 0.4) is 0 Å². The monoisotopic (exact) mass is 507 g/mol. The molecule has 0 amide bonds. The zero-order valence-electron chi connectivity index (χ0n) is 17.9. The summed E-state index contributed by atoms with van der Waals surface area (Å²) in [4.78, 5) is 4.32. The predicted octanol–water partition coefficient (Wildman–Crippen LogP) is 2.66. The SMILES string of the molecule is CCc1nn(C)c(CC)c1CNC(=NC)NCCCOCC1CCOCC1.I. The minimum Gasteiger partial charge on any atom is -0.381 e. The molecule has 0 aliphatic carbocycles. The predicted molar refractivity (Wildman–Crippen MR) is 125 cm³/mol. The Balaban J connectivity index is 0.00000392. The number of halogens is 1. The van der Waals surface area contributed by atoms with Crippen molar-refractivity contribution in [3.63, 3.8) is 0 Å². The Kier molecular flexibility index (Phi) is 12.7. The van der Waals surface area contributed by atoms with Gasteiger partial charge in [-0.1, -0.05) is 13.8 Å². The van der Waals surface area contributed by atoms with Gasteiger partial charge in [-0.2, -0.15) is 5.10 Å². The van der Waals surface area contributed by atoms with Gasteiger partial charge < -0.3 is 20.1 Å². The average molecular weight is 507 g/mol. The number of guanidine groups is 1. The van der Waals surface area contributed by atoms with Crippen molar-refractivity contribution in [2.75, 3.05) is 40.0 Å². The first-order valence-electron chi connectivity index (χ1n) is 10.3. The molecule has 1 aliphatic rings. The molecule has 162 valence electrons. The van der Waals surface area contributed by atoms with E-state index in [-0.39, 0.29) is 24.0 Å². The van der Waals surface area contributed by atoms with Crippen LogP contribution < -0.4 is 10.6 Å². The number of aromatic nitrogens is 2. The van der Waals surface area contributed by atoms with E-state index in [4.69, 9.17) is 9.47 Å². The van der Waals surface area contributed by atoms with Gasteiger partial charge in [-0.15, -0.1) is 24.0 Å². The molecule has 0 saturated carbocycles. The third kappa shape index (κ3) is 7.87. The lowest BCUT2D eigenvalue weighted by Gasteiger charge is -2.21. The highest BCUT2D eigenvalue weighted by Crippen LogP contribution is 2.15. The van der Waals surface area contributed by atoms with Crippen LogP contribution in [0.5, 0.6) is 0 Å². The summed E-state index contributed by atoms with van der Waals surface area (Å²) in [7, 11) is 3.83. The van der Waals surface area contributed by atoms with Crippen LogP contribution >= 0.6 is 24.0 Å². The van der Waals surface area contributed by atoms with E-state index in [0.29, 0.717) is 5.92 Å². The second-order valence-corrected chi connectivity index (χ2v) is 7.04. The summed E-state index contributed by atoms with van der Waals surface area (Å²) in [6, 6.07) is 0. The second kappa shape index (κ2) is 14.2. The molecule has 8 heteroatoms. The normalized spacial score (nSPS) is 15.4. The molecule has 2 rings (SSSR count). The van der Waals surface area contributed by atoms with Crippen molar-refractivity contribution in [1.82, 2.24) is 20.4 Å². The van der Waals surface area contributed by atoms with Gasteiger partial charge in [-0.05, 0) is 38.0 Å². The Morgan fingerprint density at radius 1 is 1.25 bits per heavy atom. The summed E-state index contributed by atoms with van der Waals surface area (Å²) >= 11 is 0. The van der Waals surface area contributed by atoms with E-state index in [2.05, 4.69) is 34.6 Å². The van der Waals surface area contributed by atoms with E-state index < -0.39 is 0 Å². The zero-order chi connectivity index (χ0) is 19.5. The van der Waals surface area contributed by atoms with Crippen molar-refractivity contribution in [3.8, 4) is 0 Å². The molecule has 1 aromatic rings. The molecule has 1 saturated heterocycles. The first-order chi connectivity index (χ1) is 13.2. The Bertz CT molecular complexity index is 585. The smallest absolute Gasteiger partial charge is 0.191 e. The van der Waals surface area contributed by atoms with Crippen molar-refractivity contribution < 1.29 is 9.47 Å². The van der Waals surface area contributed by atoms with Crippen LogP contribution in [0.4, 0.5) is 0 Å². The molecule has 0 bridgehead atoms. The minimum atomic E-state index is 0. The van der Waals surface area contributed by atoms with Crippen molar-refractivity contribution in [1.29, 1.82) is 0 Å². The van der Waals surface area contributed by atoms with Crippen molar-refractivity contribution in [3.05, 3.63) is 17.0 Å². The number of nitrogens with zero attached hydrogens (tertiary/aromatic N) is 3. The maximum atomic E-state index is 5.81. The first kappa shape index (κ1) is 25.2. The summed E-state index contributed by atoms with van der Waals surface area (Å²) < 4.78 is 13.2. The highest BCUT2D eigenvalue weighted by molar-refractivity contribution is 14.0. The van der Waals surface area contributed by atoms with Crippen LogP contribution in [-0.4, -0.2) is 55.8 Å². The van der Waals surface area contributed by atoms with Gasteiger partial charge in [0, 0.05) is 64.9 Å². The van der Waals surface area contributed by atoms with Crippen LogP contribution in [0.2, 0.25) is 0 Å². The third-order valence-corrected chi connectivity index (χ3v) is 5.14. The second-order valence-electron chi connectivity index (χ2n) is 7.04. The quantitative estimate of drug-likeness (QED) is 0.221. The third-order valence-electron chi connectivity index (χ3n) is 5.14. The van der Waals surface area contributed by atoms with Gasteiger partial charge in [0.25, 0.3) is 0 Å². The zero-order valence-corrected chi connectivity index (χ0v) is 20.3. The van der Waals surface area contributed by atoms with Crippen LogP contribution in [0.15, 0.2) is 4.99 Å². The highest BCUT2D eigenvalue weighted by atomic mass is 127.